The Morgan fingerprint density at radius 1 is 1.11 bits per heavy atom. The highest BCUT2D eigenvalue weighted by Crippen LogP contribution is 2.32. The Labute approximate surface area is 167 Å². The number of amides is 2. The second-order valence-corrected chi connectivity index (χ2v) is 7.69. The van der Waals surface area contributed by atoms with E-state index in [1.165, 1.54) is 0 Å². The van der Waals surface area contributed by atoms with E-state index in [2.05, 4.69) is 17.6 Å². The van der Waals surface area contributed by atoms with Crippen LogP contribution in [0.4, 0.5) is 5.69 Å². The number of hydrogen-bond donors (Lipinski definition) is 2. The van der Waals surface area contributed by atoms with Crippen LogP contribution in [0.3, 0.4) is 0 Å². The van der Waals surface area contributed by atoms with E-state index in [9.17, 15) is 9.59 Å². The van der Waals surface area contributed by atoms with Crippen LogP contribution in [0.2, 0.25) is 0 Å². The molecule has 2 N–H and O–H groups in total. The number of rotatable bonds is 6. The molecule has 5 nitrogen and oxygen atoms in total. The summed E-state index contributed by atoms with van der Waals surface area (Å²) in [5, 5.41) is 6.36. The third-order valence-corrected chi connectivity index (χ3v) is 5.32. The van der Waals surface area contributed by atoms with E-state index in [0.29, 0.717) is 18.7 Å². The lowest BCUT2D eigenvalue weighted by Crippen LogP contribution is -2.50. The number of piperidine rings is 1. The first-order valence-electron chi connectivity index (χ1n) is 9.97. The number of likely N-dealkylation sites (tertiary alicyclic amines) is 1. The highest BCUT2D eigenvalue weighted by molar-refractivity contribution is 5.97. The lowest BCUT2D eigenvalue weighted by Gasteiger charge is -2.39. The summed E-state index contributed by atoms with van der Waals surface area (Å²) in [5.74, 6) is -0.0365. The average Bonchev–Trinajstić information content (AvgIpc) is 2.72. The molecule has 1 saturated heterocycles. The summed E-state index contributed by atoms with van der Waals surface area (Å²) in [7, 11) is 0. The first-order valence-corrected chi connectivity index (χ1v) is 9.97. The van der Waals surface area contributed by atoms with Gasteiger partial charge in [-0.05, 0) is 56.1 Å². The number of carbonyl (C=O) groups is 2. The molecular weight excluding hydrogens is 350 g/mol. The van der Waals surface area contributed by atoms with Gasteiger partial charge in [0.15, 0.2) is 0 Å². The van der Waals surface area contributed by atoms with Crippen molar-refractivity contribution in [3.05, 3.63) is 65.7 Å². The van der Waals surface area contributed by atoms with Crippen LogP contribution in [0.1, 0.15) is 42.6 Å². The zero-order chi connectivity index (χ0) is 20.0. The van der Waals surface area contributed by atoms with E-state index in [4.69, 9.17) is 0 Å². The molecule has 3 rings (SSSR count). The van der Waals surface area contributed by atoms with Crippen molar-refractivity contribution in [2.45, 2.75) is 33.2 Å². The Hall–Kier alpha value is -2.66. The molecular formula is C23H29N3O2. The Bertz CT molecular complexity index is 822. The van der Waals surface area contributed by atoms with E-state index in [0.717, 1.165) is 37.2 Å². The van der Waals surface area contributed by atoms with Gasteiger partial charge in [0.2, 0.25) is 5.91 Å². The lowest BCUT2D eigenvalue weighted by molar-refractivity contribution is -0.127. The SMILES string of the molecule is CCNCc1cccc(NC(=O)C2(C)CCCN(C(=O)c3ccccc3)C2)c1. The van der Waals surface area contributed by atoms with Gasteiger partial charge in [0.25, 0.3) is 5.91 Å². The highest BCUT2D eigenvalue weighted by atomic mass is 16.2. The smallest absolute Gasteiger partial charge is 0.253 e. The normalized spacial score (nSPS) is 19.3. The summed E-state index contributed by atoms with van der Waals surface area (Å²) in [6.07, 6.45) is 1.59. The molecule has 148 valence electrons. The number of nitrogens with one attached hydrogen (secondary N) is 2. The maximum Gasteiger partial charge on any atom is 0.253 e. The number of nitrogens with zero attached hydrogens (tertiary/aromatic N) is 1. The maximum absolute atomic E-state index is 13.1. The van der Waals surface area contributed by atoms with Crippen LogP contribution in [-0.4, -0.2) is 36.3 Å². The molecule has 5 heteroatoms. The fraction of sp³-hybridized carbons (Fsp3) is 0.391. The molecule has 0 spiro atoms. The van der Waals surface area contributed by atoms with Gasteiger partial charge in [-0.3, -0.25) is 9.59 Å². The summed E-state index contributed by atoms with van der Waals surface area (Å²) >= 11 is 0. The number of carbonyl (C=O) groups excluding carboxylic acids is 2. The van der Waals surface area contributed by atoms with Gasteiger partial charge in [-0.15, -0.1) is 0 Å². The Morgan fingerprint density at radius 2 is 1.89 bits per heavy atom. The zero-order valence-corrected chi connectivity index (χ0v) is 16.7. The molecule has 0 bridgehead atoms. The minimum Gasteiger partial charge on any atom is -0.338 e. The molecule has 1 unspecified atom stereocenters. The standard InChI is InChI=1S/C23H29N3O2/c1-3-24-16-18-9-7-12-20(15-18)25-22(28)23(2)13-8-14-26(17-23)21(27)19-10-5-4-6-11-19/h4-7,9-12,15,24H,3,8,13-14,16-17H2,1-2H3,(H,25,28). The van der Waals surface area contributed by atoms with Gasteiger partial charge in [-0.25, -0.2) is 0 Å². The largest absolute Gasteiger partial charge is 0.338 e. The van der Waals surface area contributed by atoms with Crippen LogP contribution in [0, 0.1) is 5.41 Å². The minimum atomic E-state index is -0.597. The monoisotopic (exact) mass is 379 g/mol. The average molecular weight is 380 g/mol. The van der Waals surface area contributed by atoms with Gasteiger partial charge in [0.1, 0.15) is 0 Å². The Balaban J connectivity index is 1.68. The van der Waals surface area contributed by atoms with Crippen LogP contribution in [0.15, 0.2) is 54.6 Å². The van der Waals surface area contributed by atoms with Gasteiger partial charge in [-0.1, -0.05) is 37.3 Å². The summed E-state index contributed by atoms with van der Waals surface area (Å²) in [4.78, 5) is 27.7. The van der Waals surface area contributed by atoms with Crippen LogP contribution in [0.5, 0.6) is 0 Å². The molecule has 2 aromatic carbocycles. The Morgan fingerprint density at radius 3 is 2.64 bits per heavy atom. The molecule has 1 heterocycles. The number of anilines is 1. The van der Waals surface area contributed by atoms with E-state index >= 15 is 0 Å². The van der Waals surface area contributed by atoms with Crippen molar-refractivity contribution in [2.24, 2.45) is 5.41 Å². The van der Waals surface area contributed by atoms with Gasteiger partial charge < -0.3 is 15.5 Å². The third kappa shape index (κ3) is 4.78. The van der Waals surface area contributed by atoms with E-state index in [-0.39, 0.29) is 11.8 Å². The van der Waals surface area contributed by atoms with Gasteiger partial charge in [0, 0.05) is 30.9 Å². The molecule has 2 aromatic rings. The van der Waals surface area contributed by atoms with E-state index in [1.54, 1.807) is 4.90 Å². The van der Waals surface area contributed by atoms with Crippen LogP contribution >= 0.6 is 0 Å². The third-order valence-electron chi connectivity index (χ3n) is 5.32. The van der Waals surface area contributed by atoms with E-state index in [1.807, 2.05) is 61.5 Å². The second kappa shape index (κ2) is 9.02. The molecule has 28 heavy (non-hydrogen) atoms. The van der Waals surface area contributed by atoms with Crippen molar-refractivity contribution in [2.75, 3.05) is 25.0 Å². The molecule has 1 aliphatic heterocycles. The molecule has 1 fully saturated rings. The summed E-state index contributed by atoms with van der Waals surface area (Å²) in [6.45, 7) is 6.82. The highest BCUT2D eigenvalue weighted by Gasteiger charge is 2.39. The fourth-order valence-electron chi connectivity index (χ4n) is 3.67. The summed E-state index contributed by atoms with van der Waals surface area (Å²) < 4.78 is 0. The minimum absolute atomic E-state index is 0.00744. The molecule has 1 atom stereocenters. The van der Waals surface area contributed by atoms with Crippen LogP contribution in [0.25, 0.3) is 0 Å². The molecule has 0 aromatic heterocycles. The number of benzene rings is 2. The van der Waals surface area contributed by atoms with Crippen LogP contribution < -0.4 is 10.6 Å². The van der Waals surface area contributed by atoms with Gasteiger partial charge in [0.05, 0.1) is 5.41 Å². The van der Waals surface area contributed by atoms with Crippen molar-refractivity contribution in [1.29, 1.82) is 0 Å². The molecule has 0 radical (unpaired) electrons. The Kier molecular flexibility index (Phi) is 6.47. The van der Waals surface area contributed by atoms with Crippen molar-refractivity contribution >= 4 is 17.5 Å². The fourth-order valence-corrected chi connectivity index (χ4v) is 3.67. The lowest BCUT2D eigenvalue weighted by atomic mass is 9.80. The molecule has 1 aliphatic rings. The molecule has 0 aliphatic carbocycles. The first kappa shape index (κ1) is 20.1. The predicted octanol–water partition coefficient (Wildman–Crippen LogP) is 3.68. The predicted molar refractivity (Wildman–Crippen MR) is 112 cm³/mol. The molecule has 2 amide bonds. The zero-order valence-electron chi connectivity index (χ0n) is 16.7. The van der Waals surface area contributed by atoms with Crippen LogP contribution in [-0.2, 0) is 11.3 Å². The summed E-state index contributed by atoms with van der Waals surface area (Å²) in [6, 6.07) is 17.2. The maximum atomic E-state index is 13.1. The van der Waals surface area contributed by atoms with Crippen molar-refractivity contribution < 1.29 is 9.59 Å². The summed E-state index contributed by atoms with van der Waals surface area (Å²) in [5.41, 5.74) is 2.01. The topological polar surface area (TPSA) is 61.4 Å². The van der Waals surface area contributed by atoms with Crippen molar-refractivity contribution in [3.63, 3.8) is 0 Å². The van der Waals surface area contributed by atoms with Gasteiger partial charge >= 0.3 is 0 Å². The van der Waals surface area contributed by atoms with Gasteiger partial charge in [-0.2, -0.15) is 0 Å². The number of hydrogen-bond acceptors (Lipinski definition) is 3. The van der Waals surface area contributed by atoms with Crippen molar-refractivity contribution in [3.8, 4) is 0 Å². The quantitative estimate of drug-likeness (QED) is 0.805. The molecule has 0 saturated carbocycles. The van der Waals surface area contributed by atoms with E-state index < -0.39 is 5.41 Å². The first-order chi connectivity index (χ1) is 13.5. The second-order valence-electron chi connectivity index (χ2n) is 7.69. The van der Waals surface area contributed by atoms with Crippen molar-refractivity contribution in [1.82, 2.24) is 10.2 Å².